The number of hydrogen-bond donors (Lipinski definition) is 0. The van der Waals surface area contributed by atoms with Crippen molar-refractivity contribution in [3.63, 3.8) is 0 Å². The summed E-state index contributed by atoms with van der Waals surface area (Å²) in [5.41, 5.74) is 6.25. The lowest BCUT2D eigenvalue weighted by Crippen LogP contribution is -2.54. The number of rotatable bonds is 3. The minimum atomic E-state index is -0.943. The highest BCUT2D eigenvalue weighted by Gasteiger charge is 2.68. The first-order chi connectivity index (χ1) is 22.6. The van der Waals surface area contributed by atoms with E-state index in [4.69, 9.17) is 9.41 Å². The van der Waals surface area contributed by atoms with Gasteiger partial charge in [-0.25, -0.2) is 4.90 Å². The van der Waals surface area contributed by atoms with Crippen molar-refractivity contribution >= 4 is 62.1 Å². The van der Waals surface area contributed by atoms with Gasteiger partial charge in [-0.3, -0.25) is 14.6 Å². The average Bonchev–Trinajstić information content (AvgIpc) is 3.61. The predicted octanol–water partition coefficient (Wildman–Crippen LogP) is 8.69. The van der Waals surface area contributed by atoms with Gasteiger partial charge in [0.15, 0.2) is 0 Å². The van der Waals surface area contributed by atoms with Crippen LogP contribution in [0.15, 0.2) is 143 Å². The van der Waals surface area contributed by atoms with Crippen molar-refractivity contribution in [2.45, 2.75) is 11.3 Å². The van der Waals surface area contributed by atoms with E-state index in [0.29, 0.717) is 5.69 Å². The summed E-state index contributed by atoms with van der Waals surface area (Å²) < 4.78 is 6.18. The van der Waals surface area contributed by atoms with E-state index in [9.17, 15) is 9.59 Å². The summed E-state index contributed by atoms with van der Waals surface area (Å²) in [5.74, 6) is -1.76. The summed E-state index contributed by atoms with van der Waals surface area (Å²) in [5, 5.41) is 3.97. The maximum absolute atomic E-state index is 14.9. The molecule has 218 valence electrons. The SMILES string of the molecule is O=C1[C@H]2C3c4ccccc4C(C=Nc4ccc5c(c4)oc4ccccc45)(c4ccccc43)[C@H]2C(=O)N1c1cccc2ccccc12. The first-order valence-electron chi connectivity index (χ1n) is 15.7. The second-order valence-electron chi connectivity index (χ2n) is 12.6. The summed E-state index contributed by atoms with van der Waals surface area (Å²) in [6, 6.07) is 44.3. The molecule has 2 heterocycles. The van der Waals surface area contributed by atoms with Crippen LogP contribution >= 0.6 is 0 Å². The Balaban J connectivity index is 1.20. The molecule has 4 aliphatic rings. The molecule has 0 radical (unpaired) electrons. The number of para-hydroxylation sites is 1. The highest BCUT2D eigenvalue weighted by Crippen LogP contribution is 2.64. The van der Waals surface area contributed by atoms with E-state index < -0.39 is 17.3 Å². The molecule has 46 heavy (non-hydrogen) atoms. The van der Waals surface area contributed by atoms with Gasteiger partial charge in [-0.05, 0) is 51.9 Å². The molecule has 7 aromatic rings. The largest absolute Gasteiger partial charge is 0.456 e. The van der Waals surface area contributed by atoms with Gasteiger partial charge in [0, 0.05) is 34.4 Å². The van der Waals surface area contributed by atoms with Gasteiger partial charge in [-0.15, -0.1) is 0 Å². The van der Waals surface area contributed by atoms with Crippen molar-refractivity contribution < 1.29 is 14.0 Å². The number of anilines is 1. The van der Waals surface area contributed by atoms with Crippen LogP contribution in [0.25, 0.3) is 32.7 Å². The lowest BCUT2D eigenvalue weighted by molar-refractivity contribution is -0.122. The van der Waals surface area contributed by atoms with Gasteiger partial charge >= 0.3 is 0 Å². The molecule has 0 spiro atoms. The Morgan fingerprint density at radius 2 is 1.28 bits per heavy atom. The normalized spacial score (nSPS) is 23.0. The van der Waals surface area contributed by atoms with Crippen LogP contribution in [-0.4, -0.2) is 18.0 Å². The van der Waals surface area contributed by atoms with Crippen LogP contribution in [-0.2, 0) is 15.0 Å². The minimum Gasteiger partial charge on any atom is -0.456 e. The molecule has 0 unspecified atom stereocenters. The van der Waals surface area contributed by atoms with Crippen LogP contribution in [0.3, 0.4) is 0 Å². The molecule has 5 heteroatoms. The number of nitrogens with zero attached hydrogens (tertiary/aromatic N) is 2. The smallest absolute Gasteiger partial charge is 0.239 e. The maximum atomic E-state index is 14.9. The highest BCUT2D eigenvalue weighted by molar-refractivity contribution is 6.27. The first kappa shape index (κ1) is 25.5. The fourth-order valence-electron chi connectivity index (χ4n) is 8.66. The molecular formula is C41H26N2O3. The quantitative estimate of drug-likeness (QED) is 0.152. The number of amides is 2. The topological polar surface area (TPSA) is 62.9 Å². The number of aliphatic imine (C=N–C) groups is 1. The second-order valence-corrected chi connectivity index (χ2v) is 12.6. The first-order valence-corrected chi connectivity index (χ1v) is 15.7. The Kier molecular flexibility index (Phi) is 5.05. The minimum absolute atomic E-state index is 0.151. The molecule has 5 nitrogen and oxygen atoms in total. The average molecular weight is 595 g/mol. The van der Waals surface area contributed by atoms with Gasteiger partial charge in [0.25, 0.3) is 0 Å². The Morgan fingerprint density at radius 3 is 2.09 bits per heavy atom. The van der Waals surface area contributed by atoms with Gasteiger partial charge in [0.05, 0.1) is 28.6 Å². The standard InChI is InChI=1S/C41H26N2O3/c44-39-37-36-29-14-3-6-16-31(29)41(32-17-7-4-15-30(32)36,23-42-25-20-21-28-27-13-5-8-19-34(27)46-35(28)22-25)38(37)40(45)43(39)33-18-9-11-24-10-1-2-12-26(24)33/h1-23,36-38H/t36?,37-,38+,41?/m0/s1. The number of benzene rings is 6. The fourth-order valence-corrected chi connectivity index (χ4v) is 8.66. The number of fused-ring (bicyclic) bond motifs is 4. The zero-order valence-corrected chi connectivity index (χ0v) is 24.6. The lowest BCUT2D eigenvalue weighted by atomic mass is 9.47. The Bertz CT molecular complexity index is 2420. The molecule has 3 aliphatic carbocycles. The Morgan fingerprint density at radius 1 is 0.630 bits per heavy atom. The molecule has 6 aromatic carbocycles. The van der Waals surface area contributed by atoms with Crippen molar-refractivity contribution in [2.75, 3.05) is 4.90 Å². The van der Waals surface area contributed by atoms with Gasteiger partial charge in [-0.1, -0.05) is 103 Å². The van der Waals surface area contributed by atoms with E-state index >= 15 is 0 Å². The van der Waals surface area contributed by atoms with Crippen molar-refractivity contribution in [1.82, 2.24) is 0 Å². The number of furan rings is 1. The van der Waals surface area contributed by atoms with Gasteiger partial charge in [-0.2, -0.15) is 0 Å². The van der Waals surface area contributed by atoms with Gasteiger partial charge in [0.2, 0.25) is 11.8 Å². The van der Waals surface area contributed by atoms with Crippen LogP contribution in [0.4, 0.5) is 11.4 Å². The third kappa shape index (κ3) is 3.16. The summed E-state index contributed by atoms with van der Waals surface area (Å²) in [6.45, 7) is 0. The van der Waals surface area contributed by atoms with Crippen LogP contribution in [0, 0.1) is 11.8 Å². The molecule has 0 N–H and O–H groups in total. The monoisotopic (exact) mass is 594 g/mol. The van der Waals surface area contributed by atoms with E-state index in [-0.39, 0.29) is 17.7 Å². The number of carbonyl (C=O) groups is 2. The molecule has 1 aliphatic heterocycles. The highest BCUT2D eigenvalue weighted by atomic mass is 16.3. The van der Waals surface area contributed by atoms with Crippen LogP contribution in [0.2, 0.25) is 0 Å². The fraction of sp³-hybridized carbons (Fsp3) is 0.0976. The molecule has 11 rings (SSSR count). The van der Waals surface area contributed by atoms with E-state index in [1.807, 2.05) is 109 Å². The van der Waals surface area contributed by atoms with Gasteiger partial charge < -0.3 is 4.42 Å². The summed E-state index contributed by atoms with van der Waals surface area (Å²) in [4.78, 5) is 36.2. The summed E-state index contributed by atoms with van der Waals surface area (Å²) in [6.07, 6.45) is 1.94. The van der Waals surface area contributed by atoms with E-state index in [1.54, 1.807) is 0 Å². The summed E-state index contributed by atoms with van der Waals surface area (Å²) in [7, 11) is 0. The third-order valence-electron chi connectivity index (χ3n) is 10.5. The second kappa shape index (κ2) is 9.11. The number of carbonyl (C=O) groups excluding carboxylic acids is 2. The van der Waals surface area contributed by atoms with Crippen LogP contribution < -0.4 is 4.90 Å². The predicted molar refractivity (Wildman–Crippen MR) is 181 cm³/mol. The van der Waals surface area contributed by atoms with Crippen molar-refractivity contribution in [3.05, 3.63) is 156 Å². The van der Waals surface area contributed by atoms with E-state index in [1.165, 1.54) is 4.90 Å². The lowest BCUT2D eigenvalue weighted by Gasteiger charge is -2.52. The zero-order valence-electron chi connectivity index (χ0n) is 24.6. The van der Waals surface area contributed by atoms with Crippen molar-refractivity contribution in [2.24, 2.45) is 16.8 Å². The number of hydrogen-bond acceptors (Lipinski definition) is 4. The molecule has 1 saturated heterocycles. The third-order valence-corrected chi connectivity index (χ3v) is 10.5. The molecule has 2 atom stereocenters. The molecule has 2 bridgehead atoms. The summed E-state index contributed by atoms with van der Waals surface area (Å²) >= 11 is 0. The van der Waals surface area contributed by atoms with Crippen molar-refractivity contribution in [1.29, 1.82) is 0 Å². The maximum Gasteiger partial charge on any atom is 0.239 e. The van der Waals surface area contributed by atoms with E-state index in [2.05, 4.69) is 30.3 Å². The van der Waals surface area contributed by atoms with Crippen molar-refractivity contribution in [3.8, 4) is 0 Å². The Hall–Kier alpha value is -5.81. The number of imide groups is 1. The molecule has 1 fully saturated rings. The molecule has 2 amide bonds. The molecule has 1 aromatic heterocycles. The molecular weight excluding hydrogens is 568 g/mol. The Labute approximate surface area is 264 Å². The van der Waals surface area contributed by atoms with Crippen LogP contribution in [0.1, 0.15) is 28.2 Å². The molecule has 0 saturated carbocycles. The van der Waals surface area contributed by atoms with Crippen LogP contribution in [0.5, 0.6) is 0 Å². The van der Waals surface area contributed by atoms with E-state index in [0.717, 1.165) is 60.7 Å². The van der Waals surface area contributed by atoms with Gasteiger partial charge in [0.1, 0.15) is 11.2 Å². The zero-order chi connectivity index (χ0) is 30.6.